The zero-order valence-electron chi connectivity index (χ0n) is 23.7. The van der Waals surface area contributed by atoms with Crippen LogP contribution in [0.25, 0.3) is 22.0 Å². The fourth-order valence-electron chi connectivity index (χ4n) is 4.73. The van der Waals surface area contributed by atoms with Gasteiger partial charge in [0.2, 0.25) is 5.91 Å². The third-order valence-electron chi connectivity index (χ3n) is 6.95. The Labute approximate surface area is 243 Å². The molecule has 0 spiro atoms. The lowest BCUT2D eigenvalue weighted by Gasteiger charge is -2.23. The highest BCUT2D eigenvalue weighted by atomic mass is 32.1. The van der Waals surface area contributed by atoms with Crippen LogP contribution in [0.3, 0.4) is 0 Å². The Balaban J connectivity index is 1.51. The van der Waals surface area contributed by atoms with Crippen LogP contribution in [0.2, 0.25) is 0 Å². The fourth-order valence-corrected chi connectivity index (χ4v) is 5.39. The smallest absolute Gasteiger partial charge is 0.334 e. The Morgan fingerprint density at radius 2 is 1.80 bits per heavy atom. The molecule has 11 heteroatoms. The van der Waals surface area contributed by atoms with Crippen LogP contribution in [0, 0.1) is 17.7 Å². The molecule has 0 aliphatic carbocycles. The standard InChI is InChI=1S/C30H36FN5O4S/c1-17(2)13-24(32)28(38)33-25(18(3)4)30(39)40-26-21(16-37)14-20(15-23(26)31)29-34-27(35-41-29)19-7-9-22(10-8-19)36-11-5-6-12-36/h7-10,14-18,24-25H,5-6,11-13,32H2,1-4H3,(H,33,38)/t24-,25-/m0/s1. The summed E-state index contributed by atoms with van der Waals surface area (Å²) in [5.41, 5.74) is 8.10. The van der Waals surface area contributed by atoms with Crippen molar-refractivity contribution in [3.63, 3.8) is 0 Å². The van der Waals surface area contributed by atoms with Crippen LogP contribution in [-0.4, -0.2) is 52.7 Å². The first-order valence-corrected chi connectivity index (χ1v) is 14.6. The molecule has 2 atom stereocenters. The van der Waals surface area contributed by atoms with Gasteiger partial charge in [0, 0.05) is 29.9 Å². The van der Waals surface area contributed by atoms with Crippen LogP contribution >= 0.6 is 11.5 Å². The van der Waals surface area contributed by atoms with Crippen molar-refractivity contribution in [3.05, 3.63) is 47.8 Å². The van der Waals surface area contributed by atoms with Gasteiger partial charge in [-0.2, -0.15) is 4.37 Å². The van der Waals surface area contributed by atoms with E-state index in [-0.39, 0.29) is 17.4 Å². The first kappa shape index (κ1) is 30.3. The molecule has 3 aromatic rings. The number of nitrogens with two attached hydrogens (primary N) is 1. The number of rotatable bonds is 11. The summed E-state index contributed by atoms with van der Waals surface area (Å²) in [4.78, 5) is 44.3. The van der Waals surface area contributed by atoms with Gasteiger partial charge in [-0.1, -0.05) is 27.7 Å². The van der Waals surface area contributed by atoms with E-state index in [1.807, 2.05) is 38.1 Å². The number of benzene rings is 2. The number of nitrogens with zero attached hydrogens (tertiary/aromatic N) is 3. The van der Waals surface area contributed by atoms with E-state index in [4.69, 9.17) is 10.5 Å². The van der Waals surface area contributed by atoms with Gasteiger partial charge in [0.15, 0.2) is 23.7 Å². The maximum Gasteiger partial charge on any atom is 0.334 e. The number of aldehydes is 1. The van der Waals surface area contributed by atoms with Gasteiger partial charge in [-0.05, 0) is 79.0 Å². The van der Waals surface area contributed by atoms with Gasteiger partial charge < -0.3 is 20.7 Å². The van der Waals surface area contributed by atoms with Crippen molar-refractivity contribution in [2.75, 3.05) is 18.0 Å². The first-order chi connectivity index (χ1) is 19.6. The SMILES string of the molecule is CC(C)C[C@H](N)C(=O)N[C@H](C(=O)Oc1c(F)cc(-c2nc(-c3ccc(N4CCCC4)cc3)ns2)cc1C=O)C(C)C. The fraction of sp³-hybridized carbons (Fsp3) is 0.433. The summed E-state index contributed by atoms with van der Waals surface area (Å²) in [6.45, 7) is 9.40. The number of amides is 1. The number of carbonyl (C=O) groups excluding carboxylic acids is 3. The number of aromatic nitrogens is 2. The Hall–Kier alpha value is -3.70. The molecule has 1 amide bonds. The van der Waals surface area contributed by atoms with Crippen LogP contribution in [0.5, 0.6) is 5.75 Å². The normalized spacial score (nSPS) is 14.8. The topological polar surface area (TPSA) is 128 Å². The lowest BCUT2D eigenvalue weighted by atomic mass is 10.0. The average molecular weight is 582 g/mol. The Morgan fingerprint density at radius 3 is 2.41 bits per heavy atom. The van der Waals surface area contributed by atoms with Gasteiger partial charge >= 0.3 is 5.97 Å². The van der Waals surface area contributed by atoms with Crippen LogP contribution in [0.4, 0.5) is 10.1 Å². The van der Waals surface area contributed by atoms with Gasteiger partial charge in [-0.25, -0.2) is 14.2 Å². The Bertz CT molecular complexity index is 1390. The highest BCUT2D eigenvalue weighted by Gasteiger charge is 2.30. The second kappa shape index (κ2) is 13.3. The number of hydrogen-bond acceptors (Lipinski definition) is 9. The van der Waals surface area contributed by atoms with Crippen LogP contribution < -0.4 is 20.7 Å². The highest BCUT2D eigenvalue weighted by molar-refractivity contribution is 7.09. The molecule has 2 aromatic carbocycles. The number of carbonyl (C=O) groups is 3. The second-order valence-corrected chi connectivity index (χ2v) is 11.8. The van der Waals surface area contributed by atoms with Crippen LogP contribution in [0.15, 0.2) is 36.4 Å². The molecule has 41 heavy (non-hydrogen) atoms. The predicted molar refractivity (Wildman–Crippen MR) is 157 cm³/mol. The molecule has 4 rings (SSSR count). The molecule has 0 bridgehead atoms. The minimum absolute atomic E-state index is 0.162. The molecule has 0 saturated carbocycles. The molecule has 218 valence electrons. The number of halogens is 1. The van der Waals surface area contributed by atoms with Gasteiger partial charge in [-0.15, -0.1) is 0 Å². The van der Waals surface area contributed by atoms with E-state index >= 15 is 4.39 Å². The van der Waals surface area contributed by atoms with Crippen molar-refractivity contribution in [2.24, 2.45) is 17.6 Å². The second-order valence-electron chi connectivity index (χ2n) is 11.0. The monoisotopic (exact) mass is 581 g/mol. The first-order valence-electron chi connectivity index (χ1n) is 13.8. The van der Waals surface area contributed by atoms with E-state index in [1.165, 1.54) is 18.9 Å². The van der Waals surface area contributed by atoms with Gasteiger partial charge in [0.05, 0.1) is 11.6 Å². The third-order valence-corrected chi connectivity index (χ3v) is 7.72. The minimum atomic E-state index is -1.08. The summed E-state index contributed by atoms with van der Waals surface area (Å²) in [5, 5.41) is 3.02. The third kappa shape index (κ3) is 7.34. The van der Waals surface area contributed by atoms with Crippen molar-refractivity contribution in [3.8, 4) is 27.7 Å². The van der Waals surface area contributed by atoms with Gasteiger partial charge in [0.1, 0.15) is 11.0 Å². The molecule has 1 saturated heterocycles. The molecule has 3 N–H and O–H groups in total. The largest absolute Gasteiger partial charge is 0.421 e. The Morgan fingerprint density at radius 1 is 1.12 bits per heavy atom. The quantitative estimate of drug-likeness (QED) is 0.187. The summed E-state index contributed by atoms with van der Waals surface area (Å²) in [7, 11) is 0. The van der Waals surface area contributed by atoms with Crippen molar-refractivity contribution in [1.29, 1.82) is 0 Å². The molecule has 2 heterocycles. The van der Waals surface area contributed by atoms with Gasteiger partial charge in [0.25, 0.3) is 0 Å². The summed E-state index contributed by atoms with van der Waals surface area (Å²) in [5.74, 6) is -2.50. The summed E-state index contributed by atoms with van der Waals surface area (Å²) < 4.78 is 25.0. The van der Waals surface area contributed by atoms with Gasteiger partial charge in [-0.3, -0.25) is 9.59 Å². The number of nitrogens with one attached hydrogen (secondary N) is 1. The molecule has 1 aliphatic heterocycles. The number of esters is 1. The molecule has 1 aliphatic rings. The molecule has 0 unspecified atom stereocenters. The van der Waals surface area contributed by atoms with Crippen LogP contribution in [-0.2, 0) is 9.59 Å². The van der Waals surface area contributed by atoms with E-state index in [0.717, 1.165) is 41.9 Å². The summed E-state index contributed by atoms with van der Waals surface area (Å²) in [6, 6.07) is 8.67. The lowest BCUT2D eigenvalue weighted by molar-refractivity contribution is -0.141. The molecule has 0 radical (unpaired) electrons. The number of hydrogen-bond donors (Lipinski definition) is 2. The molecule has 9 nitrogen and oxygen atoms in total. The summed E-state index contributed by atoms with van der Waals surface area (Å²) in [6.07, 6.45) is 3.24. The number of anilines is 1. The lowest BCUT2D eigenvalue weighted by Crippen LogP contribution is -2.52. The zero-order chi connectivity index (χ0) is 29.7. The van der Waals surface area contributed by atoms with Crippen molar-refractivity contribution in [2.45, 2.75) is 59.0 Å². The molecule has 1 aromatic heterocycles. The van der Waals surface area contributed by atoms with Crippen molar-refractivity contribution >= 4 is 35.4 Å². The van der Waals surface area contributed by atoms with E-state index < -0.39 is 35.5 Å². The highest BCUT2D eigenvalue weighted by Crippen LogP contribution is 2.33. The summed E-state index contributed by atoms with van der Waals surface area (Å²) >= 11 is 1.08. The maximum atomic E-state index is 15.3. The van der Waals surface area contributed by atoms with Crippen LogP contribution in [0.1, 0.15) is 57.3 Å². The van der Waals surface area contributed by atoms with E-state index in [9.17, 15) is 14.4 Å². The number of ether oxygens (including phenoxy) is 1. The predicted octanol–water partition coefficient (Wildman–Crippen LogP) is 4.84. The minimum Gasteiger partial charge on any atom is -0.421 e. The Kier molecular flexibility index (Phi) is 9.82. The maximum absolute atomic E-state index is 15.3. The van der Waals surface area contributed by atoms with E-state index in [2.05, 4.69) is 19.6 Å². The molecular weight excluding hydrogens is 545 g/mol. The molecular formula is C30H36FN5O4S. The van der Waals surface area contributed by atoms with E-state index in [1.54, 1.807) is 13.8 Å². The zero-order valence-corrected chi connectivity index (χ0v) is 24.5. The average Bonchev–Trinajstić information content (AvgIpc) is 3.65. The van der Waals surface area contributed by atoms with E-state index in [0.29, 0.717) is 29.1 Å². The van der Waals surface area contributed by atoms with Crippen molar-refractivity contribution < 1.29 is 23.5 Å². The molecule has 1 fully saturated rings. The van der Waals surface area contributed by atoms with Crippen molar-refractivity contribution in [1.82, 2.24) is 14.7 Å².